The highest BCUT2D eigenvalue weighted by Crippen LogP contribution is 2.52. The molecule has 0 bridgehead atoms. The van der Waals surface area contributed by atoms with Crippen LogP contribution in [0, 0.1) is 11.3 Å². The van der Waals surface area contributed by atoms with Crippen LogP contribution in [0.2, 0.25) is 0 Å². The molecule has 2 aliphatic rings. The lowest BCUT2D eigenvalue weighted by molar-refractivity contribution is 0.169. The molecule has 0 atom stereocenters. The molecule has 0 nitrogen and oxygen atoms in total. The van der Waals surface area contributed by atoms with Crippen LogP contribution in [-0.4, -0.2) is 0 Å². The van der Waals surface area contributed by atoms with Gasteiger partial charge in [-0.3, -0.25) is 0 Å². The number of rotatable bonds is 3. The predicted octanol–water partition coefficient (Wildman–Crippen LogP) is 5.04. The monoisotopic (exact) mass is 234 g/mol. The van der Waals surface area contributed by atoms with Crippen LogP contribution in [0.1, 0.15) is 56.2 Å². The molecule has 0 N–H and O–H groups in total. The van der Waals surface area contributed by atoms with Crippen molar-refractivity contribution in [3.8, 4) is 0 Å². The van der Waals surface area contributed by atoms with Crippen molar-refractivity contribution >= 4 is 11.3 Å². The molecule has 0 aromatic carbocycles. The van der Waals surface area contributed by atoms with E-state index in [0.717, 1.165) is 5.92 Å². The maximum absolute atomic E-state index is 2.35. The fraction of sp³-hybridized carbons (Fsp3) is 0.733. The molecule has 1 aromatic heterocycles. The van der Waals surface area contributed by atoms with E-state index < -0.39 is 0 Å². The Hall–Kier alpha value is -0.300. The van der Waals surface area contributed by atoms with Crippen molar-refractivity contribution < 1.29 is 0 Å². The molecular formula is C15H22S. The van der Waals surface area contributed by atoms with E-state index in [2.05, 4.69) is 17.5 Å². The Morgan fingerprint density at radius 1 is 1.12 bits per heavy atom. The number of hydrogen-bond acceptors (Lipinski definition) is 1. The van der Waals surface area contributed by atoms with E-state index in [9.17, 15) is 0 Å². The van der Waals surface area contributed by atoms with Crippen LogP contribution < -0.4 is 0 Å². The highest BCUT2D eigenvalue weighted by Gasteiger charge is 2.42. The van der Waals surface area contributed by atoms with E-state index in [1.165, 1.54) is 57.8 Å². The molecule has 88 valence electrons. The van der Waals surface area contributed by atoms with Crippen LogP contribution in [0.15, 0.2) is 17.5 Å². The fourth-order valence-corrected chi connectivity index (χ4v) is 4.97. The average Bonchev–Trinajstić information content (AvgIpc) is 3.00. The second-order valence-electron chi connectivity index (χ2n) is 5.81. The topological polar surface area (TPSA) is 0 Å². The minimum atomic E-state index is 0.710. The molecule has 3 rings (SSSR count). The quantitative estimate of drug-likeness (QED) is 0.687. The van der Waals surface area contributed by atoms with E-state index in [4.69, 9.17) is 0 Å². The Balaban J connectivity index is 1.79. The molecule has 2 saturated carbocycles. The first-order valence-corrected chi connectivity index (χ1v) is 7.79. The van der Waals surface area contributed by atoms with Gasteiger partial charge in [0, 0.05) is 4.88 Å². The molecule has 0 radical (unpaired) electrons. The van der Waals surface area contributed by atoms with Gasteiger partial charge in [-0.1, -0.05) is 31.7 Å². The Bertz CT molecular complexity index is 313. The van der Waals surface area contributed by atoms with E-state index >= 15 is 0 Å². The van der Waals surface area contributed by atoms with E-state index in [-0.39, 0.29) is 0 Å². The second-order valence-corrected chi connectivity index (χ2v) is 6.84. The SMILES string of the molecule is c1csc(CC2(C3CCCC3)CCCC2)c1. The fourth-order valence-electron chi connectivity index (χ4n) is 4.11. The molecule has 0 amide bonds. The summed E-state index contributed by atoms with van der Waals surface area (Å²) >= 11 is 1.97. The van der Waals surface area contributed by atoms with Crippen LogP contribution in [-0.2, 0) is 6.42 Å². The third-order valence-electron chi connectivity index (χ3n) is 4.93. The minimum absolute atomic E-state index is 0.710. The first kappa shape index (κ1) is 10.8. The Labute approximate surface area is 103 Å². The zero-order valence-corrected chi connectivity index (χ0v) is 10.9. The summed E-state index contributed by atoms with van der Waals surface area (Å²) < 4.78 is 0. The Morgan fingerprint density at radius 2 is 1.88 bits per heavy atom. The second kappa shape index (κ2) is 4.52. The largest absolute Gasteiger partial charge is 0.149 e. The molecule has 0 saturated heterocycles. The third-order valence-corrected chi connectivity index (χ3v) is 5.80. The Kier molecular flexibility index (Phi) is 3.06. The molecule has 1 heterocycles. The van der Waals surface area contributed by atoms with Crippen molar-refractivity contribution in [2.24, 2.45) is 11.3 Å². The van der Waals surface area contributed by atoms with Gasteiger partial charge in [-0.05, 0) is 54.9 Å². The van der Waals surface area contributed by atoms with Gasteiger partial charge in [0.05, 0.1) is 0 Å². The number of hydrogen-bond donors (Lipinski definition) is 0. The maximum Gasteiger partial charge on any atom is 0.00508 e. The molecular weight excluding hydrogens is 212 g/mol. The normalized spacial score (nSPS) is 25.2. The van der Waals surface area contributed by atoms with Crippen molar-refractivity contribution in [1.82, 2.24) is 0 Å². The number of thiophene rings is 1. The molecule has 1 heteroatoms. The molecule has 2 aliphatic carbocycles. The molecule has 0 aliphatic heterocycles. The van der Waals surface area contributed by atoms with E-state index in [1.807, 2.05) is 11.3 Å². The van der Waals surface area contributed by atoms with Crippen molar-refractivity contribution in [2.45, 2.75) is 57.8 Å². The minimum Gasteiger partial charge on any atom is -0.149 e. The van der Waals surface area contributed by atoms with Crippen molar-refractivity contribution in [2.75, 3.05) is 0 Å². The highest BCUT2D eigenvalue weighted by molar-refractivity contribution is 7.09. The van der Waals surface area contributed by atoms with Gasteiger partial charge in [-0.25, -0.2) is 0 Å². The summed E-state index contributed by atoms with van der Waals surface area (Å²) in [6.07, 6.45) is 13.4. The first-order chi connectivity index (χ1) is 7.89. The smallest absolute Gasteiger partial charge is 0.00508 e. The van der Waals surface area contributed by atoms with Gasteiger partial charge in [0.15, 0.2) is 0 Å². The van der Waals surface area contributed by atoms with E-state index in [1.54, 1.807) is 4.88 Å². The highest BCUT2D eigenvalue weighted by atomic mass is 32.1. The summed E-state index contributed by atoms with van der Waals surface area (Å²) in [6, 6.07) is 4.57. The Morgan fingerprint density at radius 3 is 2.50 bits per heavy atom. The van der Waals surface area contributed by atoms with Crippen molar-refractivity contribution in [3.63, 3.8) is 0 Å². The lowest BCUT2D eigenvalue weighted by Crippen LogP contribution is -2.28. The lowest BCUT2D eigenvalue weighted by atomic mass is 9.70. The van der Waals surface area contributed by atoms with Crippen LogP contribution >= 0.6 is 11.3 Å². The van der Waals surface area contributed by atoms with Crippen LogP contribution in [0.5, 0.6) is 0 Å². The van der Waals surface area contributed by atoms with Gasteiger partial charge >= 0.3 is 0 Å². The van der Waals surface area contributed by atoms with Crippen LogP contribution in [0.4, 0.5) is 0 Å². The first-order valence-electron chi connectivity index (χ1n) is 6.91. The van der Waals surface area contributed by atoms with Gasteiger partial charge in [0.1, 0.15) is 0 Å². The summed E-state index contributed by atoms with van der Waals surface area (Å²) in [7, 11) is 0. The van der Waals surface area contributed by atoms with Crippen molar-refractivity contribution in [3.05, 3.63) is 22.4 Å². The zero-order valence-electron chi connectivity index (χ0n) is 10.1. The average molecular weight is 234 g/mol. The third kappa shape index (κ3) is 1.95. The van der Waals surface area contributed by atoms with Gasteiger partial charge in [-0.2, -0.15) is 0 Å². The van der Waals surface area contributed by atoms with Gasteiger partial charge in [0.2, 0.25) is 0 Å². The summed E-state index contributed by atoms with van der Waals surface area (Å²) in [5.74, 6) is 1.05. The standard InChI is InChI=1S/C15H22S/c1-2-7-13(6-1)15(9-3-4-10-15)12-14-8-5-11-16-14/h5,8,11,13H,1-4,6-7,9-10,12H2. The molecule has 0 spiro atoms. The lowest BCUT2D eigenvalue weighted by Gasteiger charge is -2.35. The summed E-state index contributed by atoms with van der Waals surface area (Å²) in [5.41, 5.74) is 0.710. The van der Waals surface area contributed by atoms with Crippen molar-refractivity contribution in [1.29, 1.82) is 0 Å². The summed E-state index contributed by atoms with van der Waals surface area (Å²) in [6.45, 7) is 0. The summed E-state index contributed by atoms with van der Waals surface area (Å²) in [4.78, 5) is 1.63. The van der Waals surface area contributed by atoms with Crippen LogP contribution in [0.25, 0.3) is 0 Å². The van der Waals surface area contributed by atoms with Gasteiger partial charge in [0.25, 0.3) is 0 Å². The van der Waals surface area contributed by atoms with Gasteiger partial charge in [-0.15, -0.1) is 11.3 Å². The molecule has 1 aromatic rings. The van der Waals surface area contributed by atoms with Crippen LogP contribution in [0.3, 0.4) is 0 Å². The van der Waals surface area contributed by atoms with E-state index in [0.29, 0.717) is 5.41 Å². The summed E-state index contributed by atoms with van der Waals surface area (Å²) in [5, 5.41) is 2.24. The molecule has 16 heavy (non-hydrogen) atoms. The van der Waals surface area contributed by atoms with Gasteiger partial charge < -0.3 is 0 Å². The molecule has 2 fully saturated rings. The predicted molar refractivity (Wildman–Crippen MR) is 70.9 cm³/mol. The maximum atomic E-state index is 2.35. The zero-order chi connectivity index (χ0) is 10.8. The molecule has 0 unspecified atom stereocenters.